The van der Waals surface area contributed by atoms with Gasteiger partial charge in [-0.15, -0.1) is 24.0 Å². The number of rotatable bonds is 8. The summed E-state index contributed by atoms with van der Waals surface area (Å²) >= 11 is 0. The number of piperidine rings is 1. The van der Waals surface area contributed by atoms with E-state index in [9.17, 15) is 4.79 Å². The summed E-state index contributed by atoms with van der Waals surface area (Å²) in [6, 6.07) is 0.353. The number of halogens is 1. The second kappa shape index (κ2) is 15.1. The second-order valence-electron chi connectivity index (χ2n) is 7.59. The van der Waals surface area contributed by atoms with Crippen LogP contribution in [-0.4, -0.2) is 105 Å². The fourth-order valence-corrected chi connectivity index (χ4v) is 3.81. The summed E-state index contributed by atoms with van der Waals surface area (Å²) in [5, 5.41) is 6.92. The molecule has 0 bridgehead atoms. The molecule has 2 aliphatic heterocycles. The van der Waals surface area contributed by atoms with Crippen LogP contribution in [0.4, 0.5) is 4.79 Å². The minimum Gasteiger partial charge on any atom is -0.450 e. The summed E-state index contributed by atoms with van der Waals surface area (Å²) in [5.41, 5.74) is 0. The van der Waals surface area contributed by atoms with Gasteiger partial charge in [-0.2, -0.15) is 0 Å². The Morgan fingerprint density at radius 3 is 2.28 bits per heavy atom. The number of guanidine groups is 1. The Morgan fingerprint density at radius 2 is 1.69 bits per heavy atom. The zero-order valence-corrected chi connectivity index (χ0v) is 20.8. The second-order valence-corrected chi connectivity index (χ2v) is 7.59. The number of ether oxygens (including phenoxy) is 1. The number of amides is 1. The van der Waals surface area contributed by atoms with Crippen molar-refractivity contribution in [3.63, 3.8) is 0 Å². The quantitative estimate of drug-likeness (QED) is 0.219. The highest BCUT2D eigenvalue weighted by atomic mass is 127. The molecule has 0 radical (unpaired) electrons. The molecule has 2 N–H and O–H groups in total. The summed E-state index contributed by atoms with van der Waals surface area (Å²) < 4.78 is 5.07. The van der Waals surface area contributed by atoms with Crippen LogP contribution >= 0.6 is 24.0 Å². The number of likely N-dealkylation sites (tertiary alicyclic amines) is 1. The molecule has 9 heteroatoms. The van der Waals surface area contributed by atoms with Crippen LogP contribution < -0.4 is 10.6 Å². The average molecular weight is 524 g/mol. The standard InChI is InChI=1S/C20H40N6O2.HI/c1-4-24-14-16-25(17-15-24)11-7-6-10-22-19(21-3)23-18-8-12-26(13-9-18)20(27)28-5-2;/h18H,4-17H2,1-3H3,(H2,21,22,23);1H. The number of carbonyl (C=O) groups is 1. The van der Waals surface area contributed by atoms with Crippen LogP contribution in [0.5, 0.6) is 0 Å². The Hall–Kier alpha value is -0.810. The number of hydrogen-bond acceptors (Lipinski definition) is 5. The van der Waals surface area contributed by atoms with Crippen molar-refractivity contribution >= 4 is 36.0 Å². The number of nitrogens with one attached hydrogen (secondary N) is 2. The maximum atomic E-state index is 11.8. The van der Waals surface area contributed by atoms with Crippen LogP contribution in [-0.2, 0) is 4.74 Å². The third-order valence-electron chi connectivity index (χ3n) is 5.69. The van der Waals surface area contributed by atoms with E-state index in [1.54, 1.807) is 4.90 Å². The van der Waals surface area contributed by atoms with Gasteiger partial charge in [0.25, 0.3) is 0 Å². The Labute approximate surface area is 193 Å². The Balaban J connectivity index is 0.00000420. The van der Waals surface area contributed by atoms with Crippen LogP contribution in [0.1, 0.15) is 39.5 Å². The van der Waals surface area contributed by atoms with Gasteiger partial charge in [-0.1, -0.05) is 6.92 Å². The molecule has 2 aliphatic rings. The zero-order valence-electron chi connectivity index (χ0n) is 18.5. The lowest BCUT2D eigenvalue weighted by molar-refractivity contribution is 0.0963. The first kappa shape index (κ1) is 26.2. The van der Waals surface area contributed by atoms with Gasteiger partial charge in [0, 0.05) is 58.9 Å². The lowest BCUT2D eigenvalue weighted by Gasteiger charge is -2.34. The van der Waals surface area contributed by atoms with E-state index >= 15 is 0 Å². The van der Waals surface area contributed by atoms with Crippen molar-refractivity contribution in [1.82, 2.24) is 25.3 Å². The molecule has 2 saturated heterocycles. The first-order valence-electron chi connectivity index (χ1n) is 11.0. The van der Waals surface area contributed by atoms with Crippen molar-refractivity contribution in [2.24, 2.45) is 4.99 Å². The molecule has 2 fully saturated rings. The molecule has 0 aromatic heterocycles. The summed E-state index contributed by atoms with van der Waals surface area (Å²) in [7, 11) is 1.82. The van der Waals surface area contributed by atoms with Crippen LogP contribution in [0.2, 0.25) is 0 Å². The van der Waals surface area contributed by atoms with E-state index in [-0.39, 0.29) is 30.1 Å². The highest BCUT2D eigenvalue weighted by molar-refractivity contribution is 14.0. The van der Waals surface area contributed by atoms with E-state index in [1.807, 2.05) is 14.0 Å². The predicted octanol–water partition coefficient (Wildman–Crippen LogP) is 1.81. The lowest BCUT2D eigenvalue weighted by atomic mass is 10.1. The van der Waals surface area contributed by atoms with E-state index < -0.39 is 0 Å². The fourth-order valence-electron chi connectivity index (χ4n) is 3.81. The molecule has 170 valence electrons. The Kier molecular flexibility index (Phi) is 13.6. The largest absolute Gasteiger partial charge is 0.450 e. The number of aliphatic imine (C=N–C) groups is 1. The van der Waals surface area contributed by atoms with Crippen molar-refractivity contribution < 1.29 is 9.53 Å². The molecule has 0 atom stereocenters. The molecule has 0 unspecified atom stereocenters. The van der Waals surface area contributed by atoms with Crippen LogP contribution in [0.25, 0.3) is 0 Å². The summed E-state index contributed by atoms with van der Waals surface area (Å²) in [6.45, 7) is 14.1. The first-order valence-corrected chi connectivity index (χ1v) is 11.0. The number of piperazine rings is 1. The fraction of sp³-hybridized carbons (Fsp3) is 0.900. The van der Waals surface area contributed by atoms with Crippen molar-refractivity contribution in [2.45, 2.75) is 45.6 Å². The summed E-state index contributed by atoms with van der Waals surface area (Å²) in [6.07, 6.45) is 4.01. The minimum absolute atomic E-state index is 0. The SMILES string of the molecule is CCOC(=O)N1CCC(NC(=NC)NCCCCN2CCN(CC)CC2)CC1.I. The van der Waals surface area contributed by atoms with E-state index in [0.29, 0.717) is 12.6 Å². The molecule has 0 aliphatic carbocycles. The Morgan fingerprint density at radius 1 is 1.03 bits per heavy atom. The van der Waals surface area contributed by atoms with Crippen molar-refractivity contribution in [2.75, 3.05) is 72.6 Å². The maximum Gasteiger partial charge on any atom is 0.409 e. The van der Waals surface area contributed by atoms with Gasteiger partial charge < -0.3 is 30.1 Å². The van der Waals surface area contributed by atoms with Gasteiger partial charge in [0.2, 0.25) is 0 Å². The summed E-state index contributed by atoms with van der Waals surface area (Å²) in [5.74, 6) is 0.867. The molecular weight excluding hydrogens is 483 g/mol. The highest BCUT2D eigenvalue weighted by Crippen LogP contribution is 2.11. The molecule has 0 saturated carbocycles. The number of unbranched alkanes of at least 4 members (excludes halogenated alkanes) is 1. The molecule has 1 amide bonds. The molecular formula is C20H41IN6O2. The molecule has 0 aromatic carbocycles. The van der Waals surface area contributed by atoms with E-state index in [0.717, 1.165) is 44.9 Å². The lowest BCUT2D eigenvalue weighted by Crippen LogP contribution is -2.50. The molecule has 0 spiro atoms. The number of hydrogen-bond donors (Lipinski definition) is 2. The third-order valence-corrected chi connectivity index (χ3v) is 5.69. The smallest absolute Gasteiger partial charge is 0.409 e. The van der Waals surface area contributed by atoms with Gasteiger partial charge in [0.05, 0.1) is 6.61 Å². The first-order chi connectivity index (χ1) is 13.7. The minimum atomic E-state index is -0.195. The highest BCUT2D eigenvalue weighted by Gasteiger charge is 2.24. The topological polar surface area (TPSA) is 72.4 Å². The van der Waals surface area contributed by atoms with E-state index in [2.05, 4.69) is 32.3 Å². The van der Waals surface area contributed by atoms with E-state index in [4.69, 9.17) is 4.74 Å². The normalized spacial score (nSPS) is 19.6. The average Bonchev–Trinajstić information content (AvgIpc) is 2.73. The molecule has 8 nitrogen and oxygen atoms in total. The van der Waals surface area contributed by atoms with Gasteiger partial charge in [0.1, 0.15) is 0 Å². The van der Waals surface area contributed by atoms with Crippen LogP contribution in [0.15, 0.2) is 4.99 Å². The van der Waals surface area contributed by atoms with Gasteiger partial charge in [-0.3, -0.25) is 4.99 Å². The molecule has 2 rings (SSSR count). The monoisotopic (exact) mass is 524 g/mol. The van der Waals surface area contributed by atoms with Crippen LogP contribution in [0.3, 0.4) is 0 Å². The van der Waals surface area contributed by atoms with Gasteiger partial charge >= 0.3 is 6.09 Å². The predicted molar refractivity (Wildman–Crippen MR) is 129 cm³/mol. The molecule has 0 aromatic rings. The number of likely N-dealkylation sites (N-methyl/N-ethyl adjacent to an activating group) is 1. The van der Waals surface area contributed by atoms with Crippen molar-refractivity contribution in [3.8, 4) is 0 Å². The summed E-state index contributed by atoms with van der Waals surface area (Å²) in [4.78, 5) is 23.0. The molecule has 29 heavy (non-hydrogen) atoms. The van der Waals surface area contributed by atoms with Crippen molar-refractivity contribution in [1.29, 1.82) is 0 Å². The Bertz CT molecular complexity index is 478. The van der Waals surface area contributed by atoms with Crippen LogP contribution in [0, 0.1) is 0 Å². The number of nitrogens with zero attached hydrogens (tertiary/aromatic N) is 4. The van der Waals surface area contributed by atoms with Gasteiger partial charge in [0.15, 0.2) is 5.96 Å². The van der Waals surface area contributed by atoms with Gasteiger partial charge in [-0.05, 0) is 45.7 Å². The molecule has 2 heterocycles. The van der Waals surface area contributed by atoms with Gasteiger partial charge in [-0.25, -0.2) is 4.79 Å². The third kappa shape index (κ3) is 9.69. The zero-order chi connectivity index (χ0) is 20.2. The van der Waals surface area contributed by atoms with E-state index in [1.165, 1.54) is 45.7 Å². The van der Waals surface area contributed by atoms with Crippen molar-refractivity contribution in [3.05, 3.63) is 0 Å². The number of carbonyl (C=O) groups excluding carboxylic acids is 1. The maximum absolute atomic E-state index is 11.8.